The smallest absolute Gasteiger partial charge is 0.301 e. The number of Topliss-reactive ketones (excluding diaryl/α,β-unsaturated/α-hetero) is 1. The molecule has 1 saturated heterocycles. The van der Waals surface area contributed by atoms with E-state index >= 15 is 0 Å². The van der Waals surface area contributed by atoms with Crippen LogP contribution in [0.4, 0.5) is 5.13 Å². The number of rotatable bonds is 7. The number of fused-ring (bicyclic) bond motifs is 1. The summed E-state index contributed by atoms with van der Waals surface area (Å²) in [5, 5.41) is 11.7. The highest BCUT2D eigenvalue weighted by Crippen LogP contribution is 2.44. The van der Waals surface area contributed by atoms with Gasteiger partial charge in [0, 0.05) is 5.56 Å². The SMILES string of the molecule is CCCOc1ccc([C@H]2C(=C(O)c3cccc(OC)c3)C(=O)C(=O)N2c2nc3ccc(C)cc3s2)cc1. The Morgan fingerprint density at radius 3 is 2.57 bits per heavy atom. The van der Waals surface area contributed by atoms with E-state index in [1.54, 1.807) is 36.4 Å². The third kappa shape index (κ3) is 4.56. The predicted molar refractivity (Wildman–Crippen MR) is 144 cm³/mol. The van der Waals surface area contributed by atoms with Crippen LogP contribution < -0.4 is 14.4 Å². The number of nitrogens with zero attached hydrogens (tertiary/aromatic N) is 2. The second-order valence-electron chi connectivity index (χ2n) is 8.79. The van der Waals surface area contributed by atoms with Gasteiger partial charge in [0.25, 0.3) is 5.78 Å². The number of hydrogen-bond donors (Lipinski definition) is 1. The number of amides is 1. The average molecular weight is 515 g/mol. The maximum atomic E-state index is 13.5. The lowest BCUT2D eigenvalue weighted by Gasteiger charge is -2.23. The normalized spacial score (nSPS) is 16.9. The molecule has 1 amide bonds. The average Bonchev–Trinajstić information content (AvgIpc) is 3.44. The first kappa shape index (κ1) is 24.5. The van der Waals surface area contributed by atoms with Crippen molar-refractivity contribution in [2.45, 2.75) is 26.3 Å². The van der Waals surface area contributed by atoms with Crippen molar-refractivity contribution in [3.05, 3.63) is 89.0 Å². The molecule has 1 aliphatic rings. The highest BCUT2D eigenvalue weighted by Gasteiger charge is 2.48. The van der Waals surface area contributed by atoms with Crippen molar-refractivity contribution >= 4 is 44.1 Å². The first-order valence-corrected chi connectivity index (χ1v) is 12.8. The molecule has 1 fully saturated rings. The van der Waals surface area contributed by atoms with Crippen LogP contribution in [0.5, 0.6) is 11.5 Å². The van der Waals surface area contributed by atoms with E-state index in [0.29, 0.717) is 34.4 Å². The summed E-state index contributed by atoms with van der Waals surface area (Å²) in [7, 11) is 1.52. The van der Waals surface area contributed by atoms with Crippen LogP contribution >= 0.6 is 11.3 Å². The van der Waals surface area contributed by atoms with E-state index in [9.17, 15) is 14.7 Å². The van der Waals surface area contributed by atoms with Gasteiger partial charge < -0.3 is 14.6 Å². The maximum absolute atomic E-state index is 13.5. The molecule has 0 aliphatic carbocycles. The fourth-order valence-electron chi connectivity index (χ4n) is 4.36. The van der Waals surface area contributed by atoms with Gasteiger partial charge in [-0.3, -0.25) is 14.5 Å². The minimum absolute atomic E-state index is 0.00378. The minimum atomic E-state index is -0.868. The number of carbonyl (C=O) groups is 2. The lowest BCUT2D eigenvalue weighted by molar-refractivity contribution is -0.132. The molecular formula is C29H26N2O5S. The number of aliphatic hydroxyl groups excluding tert-OH is 1. The van der Waals surface area contributed by atoms with Crippen LogP contribution in [-0.2, 0) is 9.59 Å². The fraction of sp³-hybridized carbons (Fsp3) is 0.207. The molecule has 7 nitrogen and oxygen atoms in total. The van der Waals surface area contributed by atoms with Gasteiger partial charge in [0.05, 0.1) is 35.5 Å². The second-order valence-corrected chi connectivity index (χ2v) is 9.80. The molecular weight excluding hydrogens is 488 g/mol. The topological polar surface area (TPSA) is 89.0 Å². The first-order valence-electron chi connectivity index (χ1n) is 12.0. The zero-order valence-electron chi connectivity index (χ0n) is 20.7. The number of methoxy groups -OCH3 is 1. The van der Waals surface area contributed by atoms with E-state index in [4.69, 9.17) is 9.47 Å². The van der Waals surface area contributed by atoms with Gasteiger partial charge in [-0.05, 0) is 60.9 Å². The molecule has 1 atom stereocenters. The van der Waals surface area contributed by atoms with E-state index in [1.807, 2.05) is 44.2 Å². The highest BCUT2D eigenvalue weighted by atomic mass is 32.1. The molecule has 0 radical (unpaired) electrons. The molecule has 0 saturated carbocycles. The Bertz CT molecular complexity index is 1520. The van der Waals surface area contributed by atoms with E-state index in [2.05, 4.69) is 4.98 Å². The van der Waals surface area contributed by atoms with Gasteiger partial charge in [0.15, 0.2) is 5.13 Å². The monoisotopic (exact) mass is 514 g/mol. The van der Waals surface area contributed by atoms with Crippen LogP contribution in [0.1, 0.15) is 36.1 Å². The van der Waals surface area contributed by atoms with Crippen molar-refractivity contribution < 1.29 is 24.2 Å². The van der Waals surface area contributed by atoms with Gasteiger partial charge in [-0.1, -0.05) is 48.6 Å². The van der Waals surface area contributed by atoms with Gasteiger partial charge in [0.1, 0.15) is 17.3 Å². The molecule has 5 rings (SSSR count). The van der Waals surface area contributed by atoms with Crippen molar-refractivity contribution in [3.8, 4) is 11.5 Å². The number of aryl methyl sites for hydroxylation is 1. The van der Waals surface area contributed by atoms with Gasteiger partial charge in [-0.15, -0.1) is 0 Å². The molecule has 1 aromatic heterocycles. The Hall–Kier alpha value is -4.17. The van der Waals surface area contributed by atoms with Gasteiger partial charge in [-0.2, -0.15) is 0 Å². The number of aromatic nitrogens is 1. The predicted octanol–water partition coefficient (Wildman–Crippen LogP) is 6.03. The van der Waals surface area contributed by atoms with Crippen molar-refractivity contribution in [2.24, 2.45) is 0 Å². The molecule has 0 spiro atoms. The molecule has 3 aromatic carbocycles. The van der Waals surface area contributed by atoms with Crippen LogP contribution in [0, 0.1) is 6.92 Å². The van der Waals surface area contributed by atoms with Crippen LogP contribution in [0.3, 0.4) is 0 Å². The van der Waals surface area contributed by atoms with Gasteiger partial charge in [0.2, 0.25) is 0 Å². The standard InChI is InChI=1S/C29H26N2O5S/c1-4-14-36-20-11-9-18(10-12-20)25-24(26(32)19-6-5-7-21(16-19)35-3)27(33)28(34)31(25)29-30-22-13-8-17(2)15-23(22)37-29/h5-13,15-16,25,32H,4,14H2,1-3H3/t25-/m0/s1. The van der Waals surface area contributed by atoms with Gasteiger partial charge in [-0.25, -0.2) is 4.98 Å². The molecule has 37 heavy (non-hydrogen) atoms. The number of ether oxygens (including phenoxy) is 2. The molecule has 188 valence electrons. The van der Waals surface area contributed by atoms with Crippen LogP contribution in [0.25, 0.3) is 16.0 Å². The number of aliphatic hydroxyl groups is 1. The quantitative estimate of drug-likeness (QED) is 0.184. The number of benzene rings is 3. The second kappa shape index (κ2) is 10.1. The number of carbonyl (C=O) groups excluding carboxylic acids is 2. The minimum Gasteiger partial charge on any atom is -0.507 e. The molecule has 8 heteroatoms. The van der Waals surface area contributed by atoms with E-state index in [1.165, 1.54) is 23.3 Å². The summed E-state index contributed by atoms with van der Waals surface area (Å²) in [6.45, 7) is 4.60. The number of thiazole rings is 1. The summed E-state index contributed by atoms with van der Waals surface area (Å²) in [5.41, 5.74) is 2.84. The molecule has 0 unspecified atom stereocenters. The Morgan fingerprint density at radius 1 is 1.05 bits per heavy atom. The van der Waals surface area contributed by atoms with E-state index in [0.717, 1.165) is 22.2 Å². The summed E-state index contributed by atoms with van der Waals surface area (Å²) in [4.78, 5) is 32.9. The van der Waals surface area contributed by atoms with E-state index in [-0.39, 0.29) is 11.3 Å². The number of ketones is 1. The number of hydrogen-bond acceptors (Lipinski definition) is 7. The van der Waals surface area contributed by atoms with Crippen molar-refractivity contribution in [1.82, 2.24) is 4.98 Å². The third-order valence-corrected chi connectivity index (χ3v) is 7.21. The summed E-state index contributed by atoms with van der Waals surface area (Å²) < 4.78 is 11.9. The zero-order chi connectivity index (χ0) is 26.1. The first-order chi connectivity index (χ1) is 17.9. The maximum Gasteiger partial charge on any atom is 0.301 e. The summed E-state index contributed by atoms with van der Waals surface area (Å²) in [5.74, 6) is -0.573. The zero-order valence-corrected chi connectivity index (χ0v) is 21.5. The molecule has 4 aromatic rings. The number of anilines is 1. The molecule has 1 N–H and O–H groups in total. The summed E-state index contributed by atoms with van der Waals surface area (Å²) in [6, 6.07) is 19.0. The lowest BCUT2D eigenvalue weighted by atomic mass is 9.95. The molecule has 2 heterocycles. The van der Waals surface area contributed by atoms with Crippen LogP contribution in [0.15, 0.2) is 72.3 Å². The van der Waals surface area contributed by atoms with Crippen molar-refractivity contribution in [2.75, 3.05) is 18.6 Å². The van der Waals surface area contributed by atoms with E-state index < -0.39 is 17.7 Å². The Kier molecular flexibility index (Phi) is 6.67. The highest BCUT2D eigenvalue weighted by molar-refractivity contribution is 7.22. The van der Waals surface area contributed by atoms with Gasteiger partial charge >= 0.3 is 5.91 Å². The Morgan fingerprint density at radius 2 is 1.84 bits per heavy atom. The van der Waals surface area contributed by atoms with Crippen molar-refractivity contribution in [3.63, 3.8) is 0 Å². The largest absolute Gasteiger partial charge is 0.507 e. The molecule has 0 bridgehead atoms. The Balaban J connectivity index is 1.68. The third-order valence-electron chi connectivity index (χ3n) is 6.20. The fourth-order valence-corrected chi connectivity index (χ4v) is 5.45. The summed E-state index contributed by atoms with van der Waals surface area (Å²) >= 11 is 1.34. The lowest BCUT2D eigenvalue weighted by Crippen LogP contribution is -2.29. The Labute approximate surface area is 218 Å². The summed E-state index contributed by atoms with van der Waals surface area (Å²) in [6.07, 6.45) is 0.875. The van der Waals surface area contributed by atoms with Crippen LogP contribution in [0.2, 0.25) is 0 Å². The molecule has 1 aliphatic heterocycles. The van der Waals surface area contributed by atoms with Crippen molar-refractivity contribution in [1.29, 1.82) is 0 Å². The van der Waals surface area contributed by atoms with Crippen LogP contribution in [-0.4, -0.2) is 35.5 Å².